The first-order valence-corrected chi connectivity index (χ1v) is 14.1. The molecule has 0 radical (unpaired) electrons. The van der Waals surface area contributed by atoms with Crippen LogP contribution in [0.25, 0.3) is 0 Å². The Morgan fingerprint density at radius 2 is 1.91 bits per heavy atom. The molecule has 9 atom stereocenters. The van der Waals surface area contributed by atoms with E-state index in [1.165, 1.54) is 0 Å². The Balaban J connectivity index is 1.16. The molecule has 0 aliphatic carbocycles. The minimum absolute atomic E-state index is 0.00795. The number of amides is 3. The maximum Gasteiger partial charge on any atom is 0.320 e. The van der Waals surface area contributed by atoms with Gasteiger partial charge in [-0.3, -0.25) is 15.4 Å². The van der Waals surface area contributed by atoms with Crippen LogP contribution in [-0.4, -0.2) is 113 Å². The Bertz CT molecular complexity index is 801. The van der Waals surface area contributed by atoms with Crippen LogP contribution in [0.1, 0.15) is 26.7 Å². The summed E-state index contributed by atoms with van der Waals surface area (Å²) in [6.45, 7) is 7.32. The lowest BCUT2D eigenvalue weighted by atomic mass is 9.70. The highest BCUT2D eigenvalue weighted by Crippen LogP contribution is 2.38. The van der Waals surface area contributed by atoms with Gasteiger partial charge in [0.25, 0.3) is 0 Å². The first-order chi connectivity index (χ1) is 16.6. The number of carbonyl (C=O) groups excluding carboxylic acids is 2. The molecule has 10 nitrogen and oxygen atoms in total. The van der Waals surface area contributed by atoms with E-state index in [9.17, 15) is 14.7 Å². The Morgan fingerprint density at radius 1 is 1.14 bits per heavy atom. The Labute approximate surface area is 216 Å². The van der Waals surface area contributed by atoms with Gasteiger partial charge in [0.05, 0.1) is 36.2 Å². The topological polar surface area (TPSA) is 118 Å². The molecule has 3 amide bonds. The molecule has 5 rings (SSSR count). The third-order valence-corrected chi connectivity index (χ3v) is 10.0. The van der Waals surface area contributed by atoms with Crippen LogP contribution in [0.3, 0.4) is 0 Å². The fourth-order valence-corrected chi connectivity index (χ4v) is 8.24. The number of halogens is 1. The number of carbonyl (C=O) groups is 2. The number of likely N-dealkylation sites (tertiary alicyclic amines) is 2. The van der Waals surface area contributed by atoms with Gasteiger partial charge in [-0.15, -0.1) is 23.4 Å². The zero-order chi connectivity index (χ0) is 24.9. The van der Waals surface area contributed by atoms with Crippen LogP contribution in [0.15, 0.2) is 0 Å². The lowest BCUT2D eigenvalue weighted by Crippen LogP contribution is -2.64. The average molecular weight is 531 g/mol. The van der Waals surface area contributed by atoms with Crippen LogP contribution < -0.4 is 21.3 Å². The average Bonchev–Trinajstić information content (AvgIpc) is 3.35. The van der Waals surface area contributed by atoms with E-state index in [0.717, 1.165) is 12.8 Å². The summed E-state index contributed by atoms with van der Waals surface area (Å²) in [6.07, 6.45) is 1.76. The zero-order valence-electron chi connectivity index (χ0n) is 20.7. The smallest absolute Gasteiger partial charge is 0.320 e. The van der Waals surface area contributed by atoms with Crippen molar-refractivity contribution in [2.75, 3.05) is 46.4 Å². The number of aliphatic hydroxyl groups is 1. The van der Waals surface area contributed by atoms with Gasteiger partial charge in [0.2, 0.25) is 5.91 Å². The van der Waals surface area contributed by atoms with Crippen LogP contribution in [0.5, 0.6) is 0 Å². The minimum atomic E-state index is -0.765. The predicted octanol–water partition coefficient (Wildman–Crippen LogP) is -0.234. The van der Waals surface area contributed by atoms with Gasteiger partial charge in [-0.1, -0.05) is 0 Å². The summed E-state index contributed by atoms with van der Waals surface area (Å²) < 4.78 is 5.78. The van der Waals surface area contributed by atoms with Gasteiger partial charge in [0, 0.05) is 50.6 Å². The Hall–Kier alpha value is -0.820. The maximum atomic E-state index is 13.5. The third kappa shape index (κ3) is 5.42. The third-order valence-electron chi connectivity index (χ3n) is 8.34. The number of urea groups is 1. The summed E-state index contributed by atoms with van der Waals surface area (Å²) in [6, 6.07) is 0.490. The molecule has 0 spiro atoms. The van der Waals surface area contributed by atoms with Crippen molar-refractivity contribution in [2.45, 2.75) is 66.7 Å². The molecule has 198 valence electrons. The van der Waals surface area contributed by atoms with Gasteiger partial charge in [-0.05, 0) is 38.5 Å². The highest BCUT2D eigenvalue weighted by Gasteiger charge is 2.49. The number of fused-ring (bicyclic) bond motifs is 1. The summed E-state index contributed by atoms with van der Waals surface area (Å²) in [5.74, 6) is 0.354. The maximum absolute atomic E-state index is 13.5. The number of hydrogen-bond donors (Lipinski definition) is 5. The fraction of sp³-hybridized carbons (Fsp3) is 0.913. The van der Waals surface area contributed by atoms with Crippen molar-refractivity contribution < 1.29 is 19.4 Å². The predicted molar refractivity (Wildman–Crippen MR) is 135 cm³/mol. The number of alkyl halides is 1. The lowest BCUT2D eigenvalue weighted by molar-refractivity contribution is -0.130. The summed E-state index contributed by atoms with van der Waals surface area (Å²) in [5.41, 5.74) is -1.02. The molecule has 5 aliphatic heterocycles. The van der Waals surface area contributed by atoms with Crippen molar-refractivity contribution in [1.82, 2.24) is 31.1 Å². The molecule has 5 N–H and O–H groups in total. The van der Waals surface area contributed by atoms with Crippen LogP contribution >= 0.6 is 23.4 Å². The lowest BCUT2D eigenvalue weighted by Gasteiger charge is -2.45. The molecule has 9 unspecified atom stereocenters. The SMILES string of the molecule is COC1CNC(Cl)CC1C1CC(C)NCC1C(=O)NC1NC2CN(C(=O)N3CC(C)(O)C3)CC2S1. The van der Waals surface area contributed by atoms with Crippen molar-refractivity contribution in [3.63, 3.8) is 0 Å². The molecule has 5 heterocycles. The van der Waals surface area contributed by atoms with E-state index in [1.807, 2.05) is 4.90 Å². The number of hydrogen-bond acceptors (Lipinski definition) is 8. The number of ether oxygens (including phenoxy) is 1. The van der Waals surface area contributed by atoms with Crippen molar-refractivity contribution >= 4 is 35.3 Å². The van der Waals surface area contributed by atoms with Crippen LogP contribution in [-0.2, 0) is 9.53 Å². The van der Waals surface area contributed by atoms with Gasteiger partial charge in [0.1, 0.15) is 5.50 Å². The van der Waals surface area contributed by atoms with E-state index in [4.69, 9.17) is 16.3 Å². The first-order valence-electron chi connectivity index (χ1n) is 12.8. The normalized spacial score (nSPS) is 42.9. The largest absolute Gasteiger partial charge is 0.386 e. The number of rotatable bonds is 4. The summed E-state index contributed by atoms with van der Waals surface area (Å²) >= 11 is 8.14. The second-order valence-electron chi connectivity index (χ2n) is 11.2. The van der Waals surface area contributed by atoms with E-state index in [2.05, 4.69) is 28.2 Å². The first kappa shape index (κ1) is 25.8. The molecule has 0 aromatic rings. The van der Waals surface area contributed by atoms with Gasteiger partial charge in [-0.25, -0.2) is 4.79 Å². The number of thioether (sulfide) groups is 1. The molecular formula is C23H39ClN6O4S. The number of nitrogens with zero attached hydrogens (tertiary/aromatic N) is 2. The fourth-order valence-electron chi connectivity index (χ4n) is 6.53. The molecule has 0 aromatic carbocycles. The molecule has 0 bridgehead atoms. The second-order valence-corrected chi connectivity index (χ2v) is 13.1. The van der Waals surface area contributed by atoms with Crippen LogP contribution in [0.2, 0.25) is 0 Å². The molecule has 5 saturated heterocycles. The number of piperidine rings is 2. The van der Waals surface area contributed by atoms with Crippen LogP contribution in [0, 0.1) is 17.8 Å². The van der Waals surface area contributed by atoms with Crippen LogP contribution in [0.4, 0.5) is 4.79 Å². The standard InChI is InChI=1S/C23H39ClN6O4S/c1-12-4-13(14-5-19(24)26-7-17(14)34-3)15(6-25-12)20(31)28-21-27-16-8-29(9-18(16)35-21)22(32)30-10-23(2,33)11-30/h12-19,21,25-27,33H,4-11H2,1-3H3,(H,28,31). The Morgan fingerprint density at radius 3 is 2.60 bits per heavy atom. The van der Waals surface area contributed by atoms with Gasteiger partial charge in [-0.2, -0.15) is 0 Å². The van der Waals surface area contributed by atoms with Crippen molar-refractivity contribution in [3.05, 3.63) is 0 Å². The Kier molecular flexibility index (Phi) is 7.49. The van der Waals surface area contributed by atoms with E-state index in [-0.39, 0.29) is 58.1 Å². The molecule has 0 aromatic heterocycles. The van der Waals surface area contributed by atoms with Crippen molar-refractivity contribution in [3.8, 4) is 0 Å². The molecule has 12 heteroatoms. The summed E-state index contributed by atoms with van der Waals surface area (Å²) in [5, 5.41) is 23.7. The van der Waals surface area contributed by atoms with E-state index >= 15 is 0 Å². The minimum Gasteiger partial charge on any atom is -0.386 e. The highest BCUT2D eigenvalue weighted by atomic mass is 35.5. The number of β-amino-alcohol motifs (C(OH)–C–C–N with tert-alkyl or cyclic N) is 1. The van der Waals surface area contributed by atoms with E-state index in [0.29, 0.717) is 45.3 Å². The van der Waals surface area contributed by atoms with E-state index in [1.54, 1.807) is 30.7 Å². The zero-order valence-corrected chi connectivity index (χ0v) is 22.3. The number of nitrogens with one attached hydrogen (secondary N) is 4. The van der Waals surface area contributed by atoms with E-state index < -0.39 is 5.60 Å². The molecule has 5 aliphatic rings. The van der Waals surface area contributed by atoms with Crippen molar-refractivity contribution in [2.24, 2.45) is 17.8 Å². The van der Waals surface area contributed by atoms with Crippen molar-refractivity contribution in [1.29, 1.82) is 0 Å². The molecule has 5 fully saturated rings. The number of methoxy groups -OCH3 is 1. The summed E-state index contributed by atoms with van der Waals surface area (Å²) in [4.78, 5) is 29.7. The quantitative estimate of drug-likeness (QED) is 0.250. The monoisotopic (exact) mass is 530 g/mol. The summed E-state index contributed by atoms with van der Waals surface area (Å²) in [7, 11) is 1.74. The van der Waals surface area contributed by atoms with Gasteiger partial charge in [0.15, 0.2) is 0 Å². The molecular weight excluding hydrogens is 492 g/mol. The second kappa shape index (κ2) is 10.2. The van der Waals surface area contributed by atoms with Gasteiger partial charge >= 0.3 is 6.03 Å². The highest BCUT2D eigenvalue weighted by molar-refractivity contribution is 8.00. The molecule has 35 heavy (non-hydrogen) atoms. The van der Waals surface area contributed by atoms with Gasteiger partial charge < -0.3 is 30.3 Å². The molecule has 0 saturated carbocycles.